The molecular formula is C21H31N3O. The Kier molecular flexibility index (Phi) is 5.48. The Hall–Kier alpha value is -1.81. The molecule has 3 rings (SSSR count). The molecule has 1 aromatic carbocycles. The van der Waals surface area contributed by atoms with Crippen LogP contribution in [0.4, 0.5) is 0 Å². The van der Waals surface area contributed by atoms with Gasteiger partial charge in [0.2, 0.25) is 0 Å². The Balaban J connectivity index is 1.67. The molecular weight excluding hydrogens is 310 g/mol. The molecule has 1 aliphatic heterocycles. The highest BCUT2D eigenvalue weighted by molar-refractivity contribution is 5.99. The zero-order chi connectivity index (χ0) is 18.0. The zero-order valence-corrected chi connectivity index (χ0v) is 16.1. The summed E-state index contributed by atoms with van der Waals surface area (Å²) in [6.07, 6.45) is 3.89. The predicted octanol–water partition coefficient (Wildman–Crippen LogP) is 3.88. The molecule has 4 heteroatoms. The first kappa shape index (κ1) is 18.0. The summed E-state index contributed by atoms with van der Waals surface area (Å²) in [5, 5.41) is 4.29. The van der Waals surface area contributed by atoms with Crippen molar-refractivity contribution in [2.24, 2.45) is 0 Å². The van der Waals surface area contributed by atoms with Crippen molar-refractivity contribution in [2.75, 3.05) is 19.6 Å². The zero-order valence-electron chi connectivity index (χ0n) is 16.1. The highest BCUT2D eigenvalue weighted by Gasteiger charge is 2.18. The Bertz CT molecular complexity index is 762. The molecule has 2 heterocycles. The van der Waals surface area contributed by atoms with Crippen molar-refractivity contribution in [3.05, 3.63) is 35.0 Å². The molecule has 1 saturated heterocycles. The fourth-order valence-corrected chi connectivity index (χ4v) is 4.10. The van der Waals surface area contributed by atoms with Gasteiger partial charge in [-0.2, -0.15) is 0 Å². The largest absolute Gasteiger partial charge is 0.351 e. The highest BCUT2D eigenvalue weighted by atomic mass is 16.1. The number of likely N-dealkylation sites (tertiary alicyclic amines) is 1. The van der Waals surface area contributed by atoms with E-state index in [0.29, 0.717) is 6.04 Å². The van der Waals surface area contributed by atoms with Gasteiger partial charge in [0.15, 0.2) is 0 Å². The average Bonchev–Trinajstić information content (AvgIpc) is 2.86. The summed E-state index contributed by atoms with van der Waals surface area (Å²) < 4.78 is 2.31. The average molecular weight is 341 g/mol. The number of aromatic nitrogens is 1. The molecule has 0 unspecified atom stereocenters. The van der Waals surface area contributed by atoms with Gasteiger partial charge in [0.05, 0.1) is 0 Å². The summed E-state index contributed by atoms with van der Waals surface area (Å²) in [6, 6.07) is 6.72. The monoisotopic (exact) mass is 341 g/mol. The quantitative estimate of drug-likeness (QED) is 0.896. The van der Waals surface area contributed by atoms with Crippen LogP contribution in [0.2, 0.25) is 0 Å². The highest BCUT2D eigenvalue weighted by Crippen LogP contribution is 2.26. The third-order valence-corrected chi connectivity index (χ3v) is 5.84. The van der Waals surface area contributed by atoms with Crippen molar-refractivity contribution in [3.63, 3.8) is 0 Å². The lowest BCUT2D eigenvalue weighted by Crippen LogP contribution is -2.42. The molecule has 0 bridgehead atoms. The summed E-state index contributed by atoms with van der Waals surface area (Å²) in [7, 11) is 0. The normalized spacial score (nSPS) is 18.6. The number of fused-ring (bicyclic) bond motifs is 1. The van der Waals surface area contributed by atoms with Crippen molar-refractivity contribution < 1.29 is 4.79 Å². The van der Waals surface area contributed by atoms with Crippen LogP contribution >= 0.6 is 0 Å². The number of nitrogens with zero attached hydrogens (tertiary/aromatic N) is 2. The first-order valence-corrected chi connectivity index (χ1v) is 9.64. The second kappa shape index (κ2) is 7.61. The van der Waals surface area contributed by atoms with E-state index in [1.54, 1.807) is 0 Å². The lowest BCUT2D eigenvalue weighted by atomic mass is 10.0. The van der Waals surface area contributed by atoms with Gasteiger partial charge in [-0.15, -0.1) is 0 Å². The Morgan fingerprint density at radius 3 is 2.80 bits per heavy atom. The molecule has 136 valence electrons. The number of carbonyl (C=O) groups excluding carboxylic acids is 1. The molecule has 1 atom stereocenters. The number of benzene rings is 1. The number of nitrogens with one attached hydrogen (secondary N) is 1. The fourth-order valence-electron chi connectivity index (χ4n) is 4.10. The van der Waals surface area contributed by atoms with Gasteiger partial charge in [-0.05, 0) is 70.8 Å². The standard InChI is InChI=1S/C21H31N3O/c1-5-24-17(4)16(3)19-14-18(9-10-20(19)24)21(25)22-11-13-23-12-7-6-8-15(23)2/h9-10,14-15H,5-8,11-13H2,1-4H3,(H,22,25)/t15-/m0/s1. The molecule has 1 aromatic heterocycles. The van der Waals surface area contributed by atoms with Gasteiger partial charge in [-0.25, -0.2) is 0 Å². The lowest BCUT2D eigenvalue weighted by molar-refractivity contribution is 0.0938. The van der Waals surface area contributed by atoms with Crippen LogP contribution in [0.1, 0.15) is 54.7 Å². The second-order valence-electron chi connectivity index (χ2n) is 7.32. The van der Waals surface area contributed by atoms with E-state index in [0.717, 1.165) is 31.7 Å². The van der Waals surface area contributed by atoms with E-state index in [9.17, 15) is 4.79 Å². The van der Waals surface area contributed by atoms with E-state index in [4.69, 9.17) is 0 Å². The Morgan fingerprint density at radius 1 is 1.28 bits per heavy atom. The van der Waals surface area contributed by atoms with Crippen LogP contribution in [-0.2, 0) is 6.54 Å². The van der Waals surface area contributed by atoms with Crippen molar-refractivity contribution in [3.8, 4) is 0 Å². The van der Waals surface area contributed by atoms with Crippen LogP contribution in [0, 0.1) is 13.8 Å². The van der Waals surface area contributed by atoms with Crippen LogP contribution in [0.3, 0.4) is 0 Å². The minimum Gasteiger partial charge on any atom is -0.351 e. The molecule has 0 saturated carbocycles. The van der Waals surface area contributed by atoms with Crippen molar-refractivity contribution in [1.82, 2.24) is 14.8 Å². The van der Waals surface area contributed by atoms with E-state index in [2.05, 4.69) is 48.5 Å². The molecule has 4 nitrogen and oxygen atoms in total. The van der Waals surface area contributed by atoms with Gasteiger partial charge >= 0.3 is 0 Å². The van der Waals surface area contributed by atoms with E-state index in [1.807, 2.05) is 12.1 Å². The summed E-state index contributed by atoms with van der Waals surface area (Å²) in [5.74, 6) is 0.0351. The maximum absolute atomic E-state index is 12.5. The van der Waals surface area contributed by atoms with Crippen LogP contribution in [0.5, 0.6) is 0 Å². The van der Waals surface area contributed by atoms with Gasteiger partial charge in [0.1, 0.15) is 0 Å². The first-order valence-electron chi connectivity index (χ1n) is 9.64. The van der Waals surface area contributed by atoms with Crippen LogP contribution < -0.4 is 5.32 Å². The number of piperidine rings is 1. The minimum absolute atomic E-state index is 0.0351. The van der Waals surface area contributed by atoms with E-state index < -0.39 is 0 Å². The second-order valence-corrected chi connectivity index (χ2v) is 7.32. The molecule has 1 N–H and O–H groups in total. The number of hydrogen-bond acceptors (Lipinski definition) is 2. The molecule has 2 aromatic rings. The maximum Gasteiger partial charge on any atom is 0.251 e. The molecule has 0 aliphatic carbocycles. The Labute approximate surface area is 151 Å². The summed E-state index contributed by atoms with van der Waals surface area (Å²) in [5.41, 5.74) is 4.54. The van der Waals surface area contributed by atoms with Crippen LogP contribution in [0.15, 0.2) is 18.2 Å². The first-order chi connectivity index (χ1) is 12.0. The number of hydrogen-bond donors (Lipinski definition) is 1. The summed E-state index contributed by atoms with van der Waals surface area (Å²) >= 11 is 0. The number of carbonyl (C=O) groups is 1. The molecule has 1 amide bonds. The minimum atomic E-state index is 0.0351. The topological polar surface area (TPSA) is 37.3 Å². The molecule has 25 heavy (non-hydrogen) atoms. The number of aryl methyl sites for hydroxylation is 2. The van der Waals surface area contributed by atoms with E-state index in [-0.39, 0.29) is 5.91 Å². The van der Waals surface area contributed by atoms with Crippen LogP contribution in [-0.4, -0.2) is 41.1 Å². The van der Waals surface area contributed by atoms with Crippen LogP contribution in [0.25, 0.3) is 10.9 Å². The van der Waals surface area contributed by atoms with E-state index in [1.165, 1.54) is 41.4 Å². The van der Waals surface area contributed by atoms with Gasteiger partial charge in [-0.3, -0.25) is 9.69 Å². The predicted molar refractivity (Wildman–Crippen MR) is 104 cm³/mol. The van der Waals surface area contributed by atoms with E-state index >= 15 is 0 Å². The third kappa shape index (κ3) is 3.59. The maximum atomic E-state index is 12.5. The molecule has 0 spiro atoms. The molecule has 0 radical (unpaired) electrons. The van der Waals surface area contributed by atoms with Gasteiger partial charge in [0, 0.05) is 47.8 Å². The van der Waals surface area contributed by atoms with Gasteiger partial charge in [0.25, 0.3) is 5.91 Å². The Morgan fingerprint density at radius 2 is 2.08 bits per heavy atom. The third-order valence-electron chi connectivity index (χ3n) is 5.84. The van der Waals surface area contributed by atoms with Crippen molar-refractivity contribution >= 4 is 16.8 Å². The molecule has 1 aliphatic rings. The van der Waals surface area contributed by atoms with Crippen molar-refractivity contribution in [2.45, 2.75) is 59.5 Å². The number of rotatable bonds is 5. The van der Waals surface area contributed by atoms with Gasteiger partial charge < -0.3 is 9.88 Å². The lowest BCUT2D eigenvalue weighted by Gasteiger charge is -2.33. The smallest absolute Gasteiger partial charge is 0.251 e. The molecule has 1 fully saturated rings. The summed E-state index contributed by atoms with van der Waals surface area (Å²) in [6.45, 7) is 12.5. The summed E-state index contributed by atoms with van der Waals surface area (Å²) in [4.78, 5) is 15.0. The fraction of sp³-hybridized carbons (Fsp3) is 0.571. The van der Waals surface area contributed by atoms with Crippen molar-refractivity contribution in [1.29, 1.82) is 0 Å². The SMILES string of the molecule is CCn1c(C)c(C)c2cc(C(=O)NCCN3CCCC[C@@H]3C)ccc21. The van der Waals surface area contributed by atoms with Gasteiger partial charge in [-0.1, -0.05) is 6.42 Å². The number of amides is 1.